The number of nitrogens with two attached hydrogens (primary N) is 1. The van der Waals surface area contributed by atoms with Crippen molar-refractivity contribution in [2.24, 2.45) is 5.73 Å². The van der Waals surface area contributed by atoms with E-state index in [1.807, 2.05) is 36.4 Å². The first kappa shape index (κ1) is 17.3. The van der Waals surface area contributed by atoms with E-state index in [0.717, 1.165) is 11.4 Å². The van der Waals surface area contributed by atoms with Crippen LogP contribution in [0.1, 0.15) is 38.2 Å². The van der Waals surface area contributed by atoms with Crippen molar-refractivity contribution >= 4 is 0 Å². The molecule has 0 saturated heterocycles. The van der Waals surface area contributed by atoms with E-state index in [9.17, 15) is 0 Å². The molecule has 0 unspecified atom stereocenters. The number of aromatic nitrogens is 2. The highest BCUT2D eigenvalue weighted by Crippen LogP contribution is 2.13. The summed E-state index contributed by atoms with van der Waals surface area (Å²) in [6.45, 7) is 10.1. The zero-order valence-corrected chi connectivity index (χ0v) is 13.2. The van der Waals surface area contributed by atoms with Crippen molar-refractivity contribution in [3.05, 3.63) is 60.2 Å². The molecule has 2 heterocycles. The number of pyridine rings is 2. The Hall–Kier alpha value is -1.78. The summed E-state index contributed by atoms with van der Waals surface area (Å²) >= 11 is 0. The minimum atomic E-state index is -0.239. The number of hydrogen-bond donors (Lipinski definition) is 1. The van der Waals surface area contributed by atoms with E-state index in [2.05, 4.69) is 35.6 Å². The first-order valence-corrected chi connectivity index (χ1v) is 7.52. The second kappa shape index (κ2) is 10.0. The van der Waals surface area contributed by atoms with Gasteiger partial charge in [-0.3, -0.25) is 9.97 Å². The fraction of sp³-hybridized carbons (Fsp3) is 0.412. The highest BCUT2D eigenvalue weighted by atomic mass is 15.1. The first-order chi connectivity index (χ1) is 10.2. The molecule has 4 nitrogen and oxygen atoms in total. The van der Waals surface area contributed by atoms with Gasteiger partial charge in [0.1, 0.15) is 0 Å². The molecular formula is C17H26N4. The predicted octanol–water partition coefficient (Wildman–Crippen LogP) is 2.87. The summed E-state index contributed by atoms with van der Waals surface area (Å²) in [4.78, 5) is 10.8. The summed E-state index contributed by atoms with van der Waals surface area (Å²) in [5.41, 5.74) is 7.67. The Morgan fingerprint density at radius 1 is 0.857 bits per heavy atom. The van der Waals surface area contributed by atoms with Crippen molar-refractivity contribution in [2.75, 3.05) is 19.6 Å². The van der Waals surface area contributed by atoms with Gasteiger partial charge in [-0.1, -0.05) is 32.9 Å². The van der Waals surface area contributed by atoms with Crippen LogP contribution in [0.2, 0.25) is 0 Å². The molecule has 0 bridgehead atoms. The lowest BCUT2D eigenvalue weighted by Crippen LogP contribution is -2.21. The fourth-order valence-corrected chi connectivity index (χ4v) is 1.94. The third-order valence-corrected chi connectivity index (χ3v) is 3.35. The SMILES string of the molecule is CCN(CC)CC.NC(c1ccccn1)c1ccccn1. The van der Waals surface area contributed by atoms with E-state index < -0.39 is 0 Å². The zero-order chi connectivity index (χ0) is 15.5. The van der Waals surface area contributed by atoms with Gasteiger partial charge in [0, 0.05) is 12.4 Å². The van der Waals surface area contributed by atoms with Crippen molar-refractivity contribution in [3.8, 4) is 0 Å². The second-order valence-electron chi connectivity index (χ2n) is 4.61. The lowest BCUT2D eigenvalue weighted by molar-refractivity contribution is 0.321. The molecule has 0 aliphatic rings. The van der Waals surface area contributed by atoms with Gasteiger partial charge in [-0.05, 0) is 43.9 Å². The molecule has 0 radical (unpaired) electrons. The van der Waals surface area contributed by atoms with Crippen LogP contribution in [0.4, 0.5) is 0 Å². The van der Waals surface area contributed by atoms with Crippen LogP contribution in [0.3, 0.4) is 0 Å². The largest absolute Gasteiger partial charge is 0.318 e. The minimum absolute atomic E-state index is 0.239. The smallest absolute Gasteiger partial charge is 0.0900 e. The van der Waals surface area contributed by atoms with E-state index in [4.69, 9.17) is 5.73 Å². The van der Waals surface area contributed by atoms with Crippen LogP contribution in [-0.4, -0.2) is 34.5 Å². The van der Waals surface area contributed by atoms with Crippen LogP contribution in [0.5, 0.6) is 0 Å². The van der Waals surface area contributed by atoms with E-state index in [1.54, 1.807) is 12.4 Å². The van der Waals surface area contributed by atoms with Crippen LogP contribution < -0.4 is 5.73 Å². The Kier molecular flexibility index (Phi) is 8.24. The zero-order valence-electron chi connectivity index (χ0n) is 13.2. The molecule has 0 saturated carbocycles. The maximum atomic E-state index is 5.99. The minimum Gasteiger partial charge on any atom is -0.318 e. The summed E-state index contributed by atoms with van der Waals surface area (Å²) in [7, 11) is 0. The van der Waals surface area contributed by atoms with Gasteiger partial charge in [0.15, 0.2) is 0 Å². The van der Waals surface area contributed by atoms with Crippen molar-refractivity contribution in [3.63, 3.8) is 0 Å². The molecular weight excluding hydrogens is 260 g/mol. The van der Waals surface area contributed by atoms with Gasteiger partial charge in [0.2, 0.25) is 0 Å². The van der Waals surface area contributed by atoms with E-state index in [0.29, 0.717) is 0 Å². The lowest BCUT2D eigenvalue weighted by Gasteiger charge is -2.13. The molecule has 2 aromatic rings. The van der Waals surface area contributed by atoms with Gasteiger partial charge < -0.3 is 10.6 Å². The Morgan fingerprint density at radius 3 is 1.52 bits per heavy atom. The summed E-state index contributed by atoms with van der Waals surface area (Å²) in [6, 6.07) is 11.1. The highest BCUT2D eigenvalue weighted by molar-refractivity contribution is 5.20. The standard InChI is InChI=1S/C11H11N3.C6H15N/c12-11(9-5-1-3-7-13-9)10-6-2-4-8-14-10;1-4-7(5-2)6-3/h1-8,11H,12H2;4-6H2,1-3H3. The topological polar surface area (TPSA) is 55.0 Å². The van der Waals surface area contributed by atoms with Gasteiger partial charge in [-0.25, -0.2) is 0 Å². The van der Waals surface area contributed by atoms with Crippen molar-refractivity contribution in [1.29, 1.82) is 0 Å². The lowest BCUT2D eigenvalue weighted by atomic mass is 10.1. The molecule has 2 N–H and O–H groups in total. The Balaban J connectivity index is 0.000000270. The molecule has 2 aromatic heterocycles. The van der Waals surface area contributed by atoms with Crippen LogP contribution in [0.15, 0.2) is 48.8 Å². The van der Waals surface area contributed by atoms with Crippen LogP contribution in [-0.2, 0) is 0 Å². The van der Waals surface area contributed by atoms with E-state index in [-0.39, 0.29) is 6.04 Å². The molecule has 114 valence electrons. The highest BCUT2D eigenvalue weighted by Gasteiger charge is 2.09. The summed E-state index contributed by atoms with van der Waals surface area (Å²) in [5, 5.41) is 0. The van der Waals surface area contributed by atoms with Gasteiger partial charge in [0.25, 0.3) is 0 Å². The molecule has 2 rings (SSSR count). The van der Waals surface area contributed by atoms with E-state index >= 15 is 0 Å². The van der Waals surface area contributed by atoms with Crippen LogP contribution >= 0.6 is 0 Å². The van der Waals surface area contributed by atoms with Gasteiger partial charge >= 0.3 is 0 Å². The molecule has 21 heavy (non-hydrogen) atoms. The molecule has 0 fully saturated rings. The Labute approximate surface area is 128 Å². The fourth-order valence-electron chi connectivity index (χ4n) is 1.94. The molecule has 0 aromatic carbocycles. The monoisotopic (exact) mass is 286 g/mol. The molecule has 0 aliphatic carbocycles. The second-order valence-corrected chi connectivity index (χ2v) is 4.61. The average Bonchev–Trinajstić information content (AvgIpc) is 2.58. The van der Waals surface area contributed by atoms with Crippen LogP contribution in [0.25, 0.3) is 0 Å². The Morgan fingerprint density at radius 2 is 1.29 bits per heavy atom. The number of nitrogens with zero attached hydrogens (tertiary/aromatic N) is 3. The molecule has 0 atom stereocenters. The summed E-state index contributed by atoms with van der Waals surface area (Å²) in [5.74, 6) is 0. The van der Waals surface area contributed by atoms with Crippen molar-refractivity contribution in [1.82, 2.24) is 14.9 Å². The normalized spacial score (nSPS) is 10.4. The van der Waals surface area contributed by atoms with Gasteiger partial charge in [0.05, 0.1) is 17.4 Å². The average molecular weight is 286 g/mol. The quantitative estimate of drug-likeness (QED) is 0.918. The van der Waals surface area contributed by atoms with Gasteiger partial charge in [-0.15, -0.1) is 0 Å². The van der Waals surface area contributed by atoms with Crippen molar-refractivity contribution < 1.29 is 0 Å². The van der Waals surface area contributed by atoms with Crippen LogP contribution in [0, 0.1) is 0 Å². The summed E-state index contributed by atoms with van der Waals surface area (Å²) < 4.78 is 0. The maximum Gasteiger partial charge on any atom is 0.0900 e. The number of rotatable bonds is 5. The molecule has 4 heteroatoms. The molecule has 0 amide bonds. The molecule has 0 spiro atoms. The Bertz CT molecular complexity index is 424. The number of hydrogen-bond acceptors (Lipinski definition) is 4. The predicted molar refractivity (Wildman–Crippen MR) is 88.0 cm³/mol. The van der Waals surface area contributed by atoms with Crippen molar-refractivity contribution in [2.45, 2.75) is 26.8 Å². The van der Waals surface area contributed by atoms with E-state index in [1.165, 1.54) is 19.6 Å². The molecule has 0 aliphatic heterocycles. The maximum absolute atomic E-state index is 5.99. The summed E-state index contributed by atoms with van der Waals surface area (Å²) in [6.07, 6.45) is 3.47. The third kappa shape index (κ3) is 6.02. The third-order valence-electron chi connectivity index (χ3n) is 3.35. The first-order valence-electron chi connectivity index (χ1n) is 7.52. The van der Waals surface area contributed by atoms with Gasteiger partial charge in [-0.2, -0.15) is 0 Å².